The predicted octanol–water partition coefficient (Wildman–Crippen LogP) is 4.11. The number of halogens is 1. The fourth-order valence-electron chi connectivity index (χ4n) is 6.52. The zero-order chi connectivity index (χ0) is 30.5. The van der Waals surface area contributed by atoms with Gasteiger partial charge in [-0.05, 0) is 50.9 Å². The van der Waals surface area contributed by atoms with Gasteiger partial charge in [0.25, 0.3) is 0 Å². The molecule has 11 nitrogen and oxygen atoms in total. The molecule has 2 aliphatic rings. The number of aryl methyl sites for hydroxylation is 1. The number of nitrogens with one attached hydrogen (secondary N) is 3. The van der Waals surface area contributed by atoms with E-state index in [1.54, 1.807) is 24.8 Å². The van der Waals surface area contributed by atoms with E-state index >= 15 is 0 Å². The molecule has 2 bridgehead atoms. The van der Waals surface area contributed by atoms with Crippen LogP contribution in [0, 0.1) is 12.7 Å². The second-order valence-electron chi connectivity index (χ2n) is 11.5. The predicted molar refractivity (Wildman–Crippen MR) is 164 cm³/mol. The molecule has 13 heteroatoms. The van der Waals surface area contributed by atoms with E-state index in [-0.39, 0.29) is 23.6 Å². The molecule has 0 aliphatic carbocycles. The first-order valence-corrected chi connectivity index (χ1v) is 16.3. The van der Waals surface area contributed by atoms with Gasteiger partial charge in [-0.25, -0.2) is 22.8 Å². The molecular weight excluding hydrogens is 571 g/mol. The fourth-order valence-corrected chi connectivity index (χ4v) is 7.29. The van der Waals surface area contributed by atoms with Crippen molar-refractivity contribution in [2.75, 3.05) is 37.0 Å². The van der Waals surface area contributed by atoms with E-state index in [1.165, 1.54) is 18.2 Å². The number of sulfone groups is 1. The summed E-state index contributed by atoms with van der Waals surface area (Å²) in [5.74, 6) is -0.843. The number of hydrogen-bond donors (Lipinski definition) is 3. The van der Waals surface area contributed by atoms with Crippen LogP contribution >= 0.6 is 0 Å². The molecule has 2 fully saturated rings. The molecule has 2 unspecified atom stereocenters. The third-order valence-corrected chi connectivity index (χ3v) is 9.58. The Balaban J connectivity index is 1.28. The van der Waals surface area contributed by atoms with Gasteiger partial charge in [-0.2, -0.15) is 0 Å². The Morgan fingerprint density at radius 2 is 1.91 bits per heavy atom. The second kappa shape index (κ2) is 11.3. The summed E-state index contributed by atoms with van der Waals surface area (Å²) in [6.07, 6.45) is 10.6. The van der Waals surface area contributed by atoms with Gasteiger partial charge in [0, 0.05) is 61.0 Å². The number of amides is 1. The normalized spacial score (nSPS) is 19.9. The average Bonchev–Trinajstić information content (AvgIpc) is 3.50. The lowest BCUT2D eigenvalue weighted by atomic mass is 10.1. The Kier molecular flexibility index (Phi) is 7.65. The Hall–Kier alpha value is -3.94. The summed E-state index contributed by atoms with van der Waals surface area (Å²) in [4.78, 5) is 34.6. The first-order chi connectivity index (χ1) is 20.5. The number of likely N-dealkylation sites (N-methyl/N-ethyl adjacent to an activating group) is 1. The van der Waals surface area contributed by atoms with Crippen molar-refractivity contribution >= 4 is 44.0 Å². The molecule has 4 aromatic rings. The number of carbonyl (C=O) groups is 1. The number of likely N-dealkylation sites (tertiary alicyclic amines) is 1. The van der Waals surface area contributed by atoms with Crippen molar-refractivity contribution in [1.82, 2.24) is 29.7 Å². The van der Waals surface area contributed by atoms with Gasteiger partial charge in [0.2, 0.25) is 11.9 Å². The Morgan fingerprint density at radius 1 is 1.16 bits per heavy atom. The van der Waals surface area contributed by atoms with Crippen LogP contribution in [0.1, 0.15) is 31.7 Å². The number of nitrogens with zero attached hydrogens (tertiary/aromatic N) is 5. The molecule has 0 saturated carbocycles. The molecule has 5 heterocycles. The number of H-pyrrole nitrogens is 1. The van der Waals surface area contributed by atoms with Gasteiger partial charge in [0.1, 0.15) is 4.90 Å². The maximum absolute atomic E-state index is 15.0. The number of fused-ring (bicyclic) bond motifs is 3. The minimum atomic E-state index is -3.76. The molecule has 2 saturated heterocycles. The molecular formula is C30H35FN8O3S. The first-order valence-electron chi connectivity index (χ1n) is 14.4. The fraction of sp³-hybridized carbons (Fsp3) is 0.400. The summed E-state index contributed by atoms with van der Waals surface area (Å²) in [6.45, 7) is 5.86. The van der Waals surface area contributed by atoms with E-state index in [0.717, 1.165) is 48.7 Å². The topological polar surface area (TPSA) is 136 Å². The molecule has 43 heavy (non-hydrogen) atoms. The van der Waals surface area contributed by atoms with Crippen molar-refractivity contribution in [3.8, 4) is 11.3 Å². The molecule has 3 N–H and O–H groups in total. The van der Waals surface area contributed by atoms with Gasteiger partial charge >= 0.3 is 0 Å². The molecule has 3 aromatic heterocycles. The Morgan fingerprint density at radius 3 is 2.60 bits per heavy atom. The van der Waals surface area contributed by atoms with E-state index in [1.807, 2.05) is 6.92 Å². The number of rotatable bonds is 8. The molecule has 0 radical (unpaired) electrons. The van der Waals surface area contributed by atoms with E-state index in [2.05, 4.69) is 54.3 Å². The molecule has 1 amide bonds. The summed E-state index contributed by atoms with van der Waals surface area (Å²) < 4.78 is 38.9. The number of aromatic nitrogens is 4. The molecule has 3 atom stereocenters. The zero-order valence-corrected chi connectivity index (χ0v) is 25.4. The van der Waals surface area contributed by atoms with E-state index < -0.39 is 20.5 Å². The standard InChI is InChI=1S/C30H35FN8O3S/c1-5-24(39-18-9-10-19(39)16-38(3)15-18)29(40)35-23-14-32-12-20-21(13-33-28(20)23)27-17(2)11-34-30(37-27)36-22-7-6-8-25(26(22)31)43(4,41)42/h6-8,11-14,18-19,24,33H,5,9-10,15-16H2,1-4H3,(H,35,40)(H,34,36,37)/t18?,19?,24-/m1/s1. The summed E-state index contributed by atoms with van der Waals surface area (Å²) >= 11 is 0. The molecule has 0 spiro atoms. The molecule has 1 aromatic carbocycles. The number of aromatic amines is 1. The van der Waals surface area contributed by atoms with Crippen LogP contribution < -0.4 is 10.6 Å². The number of hydrogen-bond acceptors (Lipinski definition) is 9. The number of piperazine rings is 1. The lowest BCUT2D eigenvalue weighted by molar-refractivity contribution is -0.123. The highest BCUT2D eigenvalue weighted by molar-refractivity contribution is 7.90. The van der Waals surface area contributed by atoms with Crippen LogP contribution in [0.25, 0.3) is 22.2 Å². The van der Waals surface area contributed by atoms with Crippen molar-refractivity contribution in [1.29, 1.82) is 0 Å². The largest absolute Gasteiger partial charge is 0.359 e. The molecule has 2 aliphatic heterocycles. The molecule has 226 valence electrons. The van der Waals surface area contributed by atoms with Gasteiger partial charge in [-0.3, -0.25) is 14.7 Å². The third kappa shape index (κ3) is 5.48. The van der Waals surface area contributed by atoms with E-state index in [9.17, 15) is 17.6 Å². The highest BCUT2D eigenvalue weighted by atomic mass is 32.2. The quantitative estimate of drug-likeness (QED) is 0.271. The first kappa shape index (κ1) is 29.1. The SMILES string of the molecule is CC[C@H](C(=O)Nc1cncc2c(-c3nc(Nc4cccc(S(C)(=O)=O)c4F)ncc3C)c[nH]c12)N1C2CCC1CN(C)C2. The van der Waals surface area contributed by atoms with Gasteiger partial charge in [0.15, 0.2) is 15.7 Å². The number of carbonyl (C=O) groups excluding carboxylic acids is 1. The van der Waals surface area contributed by atoms with Crippen molar-refractivity contribution in [2.24, 2.45) is 0 Å². The van der Waals surface area contributed by atoms with Crippen LogP contribution in [0.15, 0.2) is 47.9 Å². The average molecular weight is 607 g/mol. The summed E-state index contributed by atoms with van der Waals surface area (Å²) in [5.41, 5.74) is 3.32. The number of pyridine rings is 1. The van der Waals surface area contributed by atoms with Crippen molar-refractivity contribution in [3.63, 3.8) is 0 Å². The van der Waals surface area contributed by atoms with Crippen molar-refractivity contribution in [2.45, 2.75) is 56.1 Å². The summed E-state index contributed by atoms with van der Waals surface area (Å²) in [6, 6.07) is 4.64. The van der Waals surface area contributed by atoms with Crippen LogP contribution in [0.3, 0.4) is 0 Å². The van der Waals surface area contributed by atoms with Gasteiger partial charge in [-0.15, -0.1) is 0 Å². The minimum absolute atomic E-state index is 0.0440. The van der Waals surface area contributed by atoms with Gasteiger partial charge in [0.05, 0.1) is 34.8 Å². The lowest BCUT2D eigenvalue weighted by Crippen LogP contribution is -2.58. The zero-order valence-electron chi connectivity index (χ0n) is 24.6. The highest BCUT2D eigenvalue weighted by Gasteiger charge is 2.44. The number of anilines is 3. The lowest BCUT2D eigenvalue weighted by Gasteiger charge is -2.43. The van der Waals surface area contributed by atoms with Crippen molar-refractivity contribution < 1.29 is 17.6 Å². The summed E-state index contributed by atoms with van der Waals surface area (Å²) in [7, 11) is -1.61. The third-order valence-electron chi connectivity index (χ3n) is 8.46. The Labute approximate surface area is 249 Å². The van der Waals surface area contributed by atoms with Crippen LogP contribution in [0.4, 0.5) is 21.7 Å². The minimum Gasteiger partial charge on any atom is -0.359 e. The van der Waals surface area contributed by atoms with Crippen molar-refractivity contribution in [3.05, 3.63) is 54.4 Å². The van der Waals surface area contributed by atoms with Gasteiger partial charge in [-0.1, -0.05) is 13.0 Å². The van der Waals surface area contributed by atoms with Crippen LogP contribution in [0.5, 0.6) is 0 Å². The summed E-state index contributed by atoms with van der Waals surface area (Å²) in [5, 5.41) is 6.70. The monoisotopic (exact) mass is 606 g/mol. The second-order valence-corrected chi connectivity index (χ2v) is 13.5. The van der Waals surface area contributed by atoms with Crippen LogP contribution in [0.2, 0.25) is 0 Å². The maximum atomic E-state index is 15.0. The van der Waals surface area contributed by atoms with E-state index in [4.69, 9.17) is 0 Å². The van der Waals surface area contributed by atoms with Crippen LogP contribution in [-0.4, -0.2) is 88.6 Å². The highest BCUT2D eigenvalue weighted by Crippen LogP contribution is 2.35. The molecule has 6 rings (SSSR count). The number of benzene rings is 1. The smallest absolute Gasteiger partial charge is 0.241 e. The van der Waals surface area contributed by atoms with Crippen LogP contribution in [-0.2, 0) is 14.6 Å². The Bertz CT molecular complexity index is 1800. The van der Waals surface area contributed by atoms with E-state index in [0.29, 0.717) is 35.4 Å². The van der Waals surface area contributed by atoms with Gasteiger partial charge < -0.3 is 20.5 Å². The maximum Gasteiger partial charge on any atom is 0.241 e.